The van der Waals surface area contributed by atoms with Crippen LogP contribution in [-0.2, 0) is 0 Å². The van der Waals surface area contributed by atoms with Gasteiger partial charge in [0.05, 0.1) is 12.2 Å². The lowest BCUT2D eigenvalue weighted by atomic mass is 10.1. The van der Waals surface area contributed by atoms with Gasteiger partial charge in [-0.2, -0.15) is 0 Å². The number of rotatable bonds is 3. The Morgan fingerprint density at radius 3 is 1.67 bits per heavy atom. The Kier molecular flexibility index (Phi) is 3.72. The molecule has 0 heterocycles. The average molecular weight is 136 g/mol. The molecular weight excluding hydrogens is 124 g/mol. The van der Waals surface area contributed by atoms with Gasteiger partial charge in [0.2, 0.25) is 0 Å². The Balaban J connectivity index is 3.38. The summed E-state index contributed by atoms with van der Waals surface area (Å²) in [6.07, 6.45) is -3.72. The van der Waals surface area contributed by atoms with E-state index in [-0.39, 0.29) is 6.42 Å². The lowest BCUT2D eigenvalue weighted by Crippen LogP contribution is -2.27. The van der Waals surface area contributed by atoms with E-state index in [0.717, 1.165) is 0 Å². The van der Waals surface area contributed by atoms with Crippen molar-refractivity contribution in [3.05, 3.63) is 0 Å². The summed E-state index contributed by atoms with van der Waals surface area (Å²) in [6.45, 7) is 1.38. The van der Waals surface area contributed by atoms with Crippen LogP contribution in [0.25, 0.3) is 0 Å². The molecule has 0 saturated carbocycles. The minimum absolute atomic E-state index is 0.211. The first-order chi connectivity index (χ1) is 4.04. The molecule has 4 N–H and O–H groups in total. The van der Waals surface area contributed by atoms with Crippen LogP contribution in [0.5, 0.6) is 0 Å². The Hall–Kier alpha value is -0.160. The van der Waals surface area contributed by atoms with E-state index in [0.29, 0.717) is 0 Å². The van der Waals surface area contributed by atoms with Crippen molar-refractivity contribution in [2.45, 2.75) is 31.8 Å². The molecule has 0 aromatic rings. The highest BCUT2D eigenvalue weighted by atomic mass is 16.5. The van der Waals surface area contributed by atoms with Gasteiger partial charge in [-0.25, -0.2) is 0 Å². The molecule has 0 fully saturated rings. The zero-order valence-corrected chi connectivity index (χ0v) is 5.23. The SMILES string of the molecule is CC(O)C(O)CC(O)O. The van der Waals surface area contributed by atoms with Gasteiger partial charge in [-0.15, -0.1) is 0 Å². The average Bonchev–Trinajstić information content (AvgIpc) is 1.63. The zero-order valence-electron chi connectivity index (χ0n) is 5.23. The minimum Gasteiger partial charge on any atom is -0.391 e. The molecule has 0 aliphatic rings. The smallest absolute Gasteiger partial charge is 0.154 e. The molecule has 0 aromatic carbocycles. The van der Waals surface area contributed by atoms with Crippen molar-refractivity contribution in [2.24, 2.45) is 0 Å². The molecule has 0 radical (unpaired) electrons. The van der Waals surface area contributed by atoms with E-state index in [1.54, 1.807) is 0 Å². The molecule has 4 nitrogen and oxygen atoms in total. The van der Waals surface area contributed by atoms with Crippen LogP contribution in [0.15, 0.2) is 0 Å². The second-order valence-corrected chi connectivity index (χ2v) is 2.02. The predicted octanol–water partition coefficient (Wildman–Crippen LogP) is -1.57. The topological polar surface area (TPSA) is 80.9 Å². The van der Waals surface area contributed by atoms with Gasteiger partial charge in [-0.05, 0) is 6.92 Å². The summed E-state index contributed by atoms with van der Waals surface area (Å²) in [5.74, 6) is 0. The fourth-order valence-electron chi connectivity index (χ4n) is 0.413. The van der Waals surface area contributed by atoms with Crippen LogP contribution in [0.4, 0.5) is 0 Å². The number of aliphatic hydroxyl groups excluding tert-OH is 3. The van der Waals surface area contributed by atoms with Crippen molar-refractivity contribution >= 4 is 0 Å². The highest BCUT2D eigenvalue weighted by Gasteiger charge is 2.13. The normalized spacial score (nSPS) is 18.0. The molecular formula is C5H12O4. The molecule has 2 unspecified atom stereocenters. The van der Waals surface area contributed by atoms with E-state index in [1.165, 1.54) is 6.92 Å². The minimum atomic E-state index is -1.55. The number of hydrogen-bond donors (Lipinski definition) is 4. The first kappa shape index (κ1) is 8.84. The van der Waals surface area contributed by atoms with E-state index in [9.17, 15) is 0 Å². The van der Waals surface area contributed by atoms with Crippen molar-refractivity contribution < 1.29 is 20.4 Å². The van der Waals surface area contributed by atoms with Crippen molar-refractivity contribution in [3.8, 4) is 0 Å². The Morgan fingerprint density at radius 1 is 1.11 bits per heavy atom. The van der Waals surface area contributed by atoms with E-state index in [1.807, 2.05) is 0 Å². The molecule has 9 heavy (non-hydrogen) atoms. The second-order valence-electron chi connectivity index (χ2n) is 2.02. The molecule has 0 bridgehead atoms. The summed E-state index contributed by atoms with van der Waals surface area (Å²) >= 11 is 0. The van der Waals surface area contributed by atoms with Crippen molar-refractivity contribution in [3.63, 3.8) is 0 Å². The van der Waals surface area contributed by atoms with Gasteiger partial charge in [0, 0.05) is 6.42 Å². The number of aliphatic hydroxyl groups is 4. The molecule has 4 heteroatoms. The van der Waals surface area contributed by atoms with E-state index >= 15 is 0 Å². The van der Waals surface area contributed by atoms with Gasteiger partial charge in [0.25, 0.3) is 0 Å². The van der Waals surface area contributed by atoms with Crippen LogP contribution < -0.4 is 0 Å². The first-order valence-corrected chi connectivity index (χ1v) is 2.76. The Labute approximate surface area is 53.4 Å². The maximum atomic E-state index is 8.73. The third-order valence-electron chi connectivity index (χ3n) is 1.01. The molecule has 56 valence electrons. The highest BCUT2D eigenvalue weighted by molar-refractivity contribution is 4.61. The fourth-order valence-corrected chi connectivity index (χ4v) is 0.413. The molecule has 0 amide bonds. The van der Waals surface area contributed by atoms with Gasteiger partial charge in [-0.3, -0.25) is 0 Å². The summed E-state index contributed by atoms with van der Waals surface area (Å²) in [7, 11) is 0. The van der Waals surface area contributed by atoms with Crippen molar-refractivity contribution in [2.75, 3.05) is 0 Å². The summed E-state index contributed by atoms with van der Waals surface area (Å²) in [5.41, 5.74) is 0. The van der Waals surface area contributed by atoms with Gasteiger partial charge in [0.15, 0.2) is 6.29 Å². The van der Waals surface area contributed by atoms with Crippen molar-refractivity contribution in [1.29, 1.82) is 0 Å². The third kappa shape index (κ3) is 4.35. The maximum absolute atomic E-state index is 8.73. The molecule has 0 aliphatic heterocycles. The van der Waals surface area contributed by atoms with Gasteiger partial charge >= 0.3 is 0 Å². The maximum Gasteiger partial charge on any atom is 0.154 e. The summed E-state index contributed by atoms with van der Waals surface area (Å²) in [5, 5.41) is 33.8. The molecule has 0 aromatic heterocycles. The number of hydrogen-bond acceptors (Lipinski definition) is 4. The first-order valence-electron chi connectivity index (χ1n) is 2.76. The summed E-state index contributed by atoms with van der Waals surface area (Å²) in [6, 6.07) is 0. The highest BCUT2D eigenvalue weighted by Crippen LogP contribution is 1.99. The molecule has 0 aliphatic carbocycles. The molecule has 2 atom stereocenters. The summed E-state index contributed by atoms with van der Waals surface area (Å²) in [4.78, 5) is 0. The van der Waals surface area contributed by atoms with Crippen LogP contribution in [-0.4, -0.2) is 38.9 Å². The summed E-state index contributed by atoms with van der Waals surface area (Å²) < 4.78 is 0. The molecule has 0 saturated heterocycles. The predicted molar refractivity (Wildman–Crippen MR) is 30.5 cm³/mol. The van der Waals surface area contributed by atoms with Crippen LogP contribution in [0.3, 0.4) is 0 Å². The standard InChI is InChI=1S/C5H12O4/c1-3(6)4(7)2-5(8)9/h3-9H,2H2,1H3. The Morgan fingerprint density at radius 2 is 1.56 bits per heavy atom. The van der Waals surface area contributed by atoms with Crippen LogP contribution in [0.2, 0.25) is 0 Å². The van der Waals surface area contributed by atoms with Crippen molar-refractivity contribution in [1.82, 2.24) is 0 Å². The fraction of sp³-hybridized carbons (Fsp3) is 1.00. The van der Waals surface area contributed by atoms with Crippen LogP contribution in [0.1, 0.15) is 13.3 Å². The largest absolute Gasteiger partial charge is 0.391 e. The lowest BCUT2D eigenvalue weighted by molar-refractivity contribution is -0.0894. The van der Waals surface area contributed by atoms with Gasteiger partial charge in [0.1, 0.15) is 0 Å². The van der Waals surface area contributed by atoms with Gasteiger partial charge < -0.3 is 20.4 Å². The lowest BCUT2D eigenvalue weighted by Gasteiger charge is -2.13. The Bertz CT molecular complexity index is 71.4. The second kappa shape index (κ2) is 3.79. The van der Waals surface area contributed by atoms with E-state index in [4.69, 9.17) is 20.4 Å². The monoisotopic (exact) mass is 136 g/mol. The van der Waals surface area contributed by atoms with E-state index in [2.05, 4.69) is 0 Å². The molecule has 0 spiro atoms. The zero-order chi connectivity index (χ0) is 7.44. The third-order valence-corrected chi connectivity index (χ3v) is 1.01. The van der Waals surface area contributed by atoms with E-state index < -0.39 is 18.5 Å². The van der Waals surface area contributed by atoms with Crippen LogP contribution >= 0.6 is 0 Å². The molecule has 0 rings (SSSR count). The quantitative estimate of drug-likeness (QED) is 0.353. The van der Waals surface area contributed by atoms with Gasteiger partial charge in [-0.1, -0.05) is 0 Å². The van der Waals surface area contributed by atoms with Crippen LogP contribution in [0, 0.1) is 0 Å².